The van der Waals surface area contributed by atoms with Gasteiger partial charge in [-0.2, -0.15) is 0 Å². The normalized spacial score (nSPS) is 10.4. The van der Waals surface area contributed by atoms with Crippen LogP contribution in [0.5, 0.6) is 5.75 Å². The highest BCUT2D eigenvalue weighted by Gasteiger charge is 2.06. The molecule has 0 aliphatic rings. The molecule has 1 N–H and O–H groups in total. The quantitative estimate of drug-likeness (QED) is 0.615. The van der Waals surface area contributed by atoms with Crippen molar-refractivity contribution < 1.29 is 14.6 Å². The van der Waals surface area contributed by atoms with Crippen LogP contribution in [-0.2, 0) is 4.74 Å². The number of phenols is 1. The van der Waals surface area contributed by atoms with Gasteiger partial charge in [0.05, 0.1) is 12.2 Å². The molecule has 0 aliphatic heterocycles. The Morgan fingerprint density at radius 1 is 1.31 bits per heavy atom. The van der Waals surface area contributed by atoms with Gasteiger partial charge in [-0.1, -0.05) is 13.8 Å². The molecule has 0 atom stereocenters. The third-order valence-corrected chi connectivity index (χ3v) is 2.26. The maximum Gasteiger partial charge on any atom is 0.338 e. The summed E-state index contributed by atoms with van der Waals surface area (Å²) in [7, 11) is 0. The average molecular weight is 222 g/mol. The Balaban J connectivity index is 2.32. The summed E-state index contributed by atoms with van der Waals surface area (Å²) in [6.07, 6.45) is 1.95. The lowest BCUT2D eigenvalue weighted by Gasteiger charge is -2.06. The third-order valence-electron chi connectivity index (χ3n) is 2.26. The van der Waals surface area contributed by atoms with Crippen LogP contribution in [0.4, 0.5) is 0 Å². The second-order valence-corrected chi connectivity index (χ2v) is 4.22. The second kappa shape index (κ2) is 6.16. The SMILES string of the molecule is CC(C)CCCOC(=O)c1ccc(O)cc1. The number of esters is 1. The van der Waals surface area contributed by atoms with Crippen LogP contribution in [0.15, 0.2) is 24.3 Å². The van der Waals surface area contributed by atoms with Crippen molar-refractivity contribution >= 4 is 5.97 Å². The van der Waals surface area contributed by atoms with Gasteiger partial charge in [0, 0.05) is 0 Å². The van der Waals surface area contributed by atoms with E-state index < -0.39 is 0 Å². The van der Waals surface area contributed by atoms with Crippen LogP contribution in [0.3, 0.4) is 0 Å². The Morgan fingerprint density at radius 2 is 1.94 bits per heavy atom. The zero-order valence-corrected chi connectivity index (χ0v) is 9.77. The summed E-state index contributed by atoms with van der Waals surface area (Å²) in [6.45, 7) is 4.74. The van der Waals surface area contributed by atoms with E-state index in [4.69, 9.17) is 9.84 Å². The zero-order valence-electron chi connectivity index (χ0n) is 9.77. The van der Waals surface area contributed by atoms with Crippen molar-refractivity contribution in [2.75, 3.05) is 6.61 Å². The number of aromatic hydroxyl groups is 1. The van der Waals surface area contributed by atoms with Crippen LogP contribution < -0.4 is 0 Å². The number of hydrogen-bond donors (Lipinski definition) is 1. The van der Waals surface area contributed by atoms with Crippen LogP contribution in [0, 0.1) is 5.92 Å². The average Bonchev–Trinajstić information content (AvgIpc) is 2.25. The summed E-state index contributed by atoms with van der Waals surface area (Å²) in [4.78, 5) is 11.5. The minimum atomic E-state index is -0.330. The van der Waals surface area contributed by atoms with E-state index in [0.29, 0.717) is 18.1 Å². The Kier molecular flexibility index (Phi) is 4.83. The van der Waals surface area contributed by atoms with Gasteiger partial charge >= 0.3 is 5.97 Å². The summed E-state index contributed by atoms with van der Waals surface area (Å²) in [5.41, 5.74) is 0.474. The minimum absolute atomic E-state index is 0.149. The summed E-state index contributed by atoms with van der Waals surface area (Å²) in [5.74, 6) is 0.451. The molecule has 1 aromatic carbocycles. The van der Waals surface area contributed by atoms with Crippen LogP contribution in [0.1, 0.15) is 37.0 Å². The molecular formula is C13H18O3. The van der Waals surface area contributed by atoms with E-state index in [1.54, 1.807) is 12.1 Å². The molecule has 1 rings (SSSR count). The molecule has 0 radical (unpaired) electrons. The Labute approximate surface area is 96.1 Å². The minimum Gasteiger partial charge on any atom is -0.508 e. The maximum atomic E-state index is 11.5. The Morgan fingerprint density at radius 3 is 2.50 bits per heavy atom. The molecule has 88 valence electrons. The fourth-order valence-corrected chi connectivity index (χ4v) is 1.34. The van der Waals surface area contributed by atoms with E-state index in [2.05, 4.69) is 13.8 Å². The molecule has 0 heterocycles. The van der Waals surface area contributed by atoms with E-state index >= 15 is 0 Å². The molecular weight excluding hydrogens is 204 g/mol. The molecule has 0 amide bonds. The molecule has 0 aromatic heterocycles. The van der Waals surface area contributed by atoms with E-state index in [0.717, 1.165) is 12.8 Å². The van der Waals surface area contributed by atoms with Gasteiger partial charge in [-0.25, -0.2) is 4.79 Å². The van der Waals surface area contributed by atoms with Crippen LogP contribution in [0.2, 0.25) is 0 Å². The predicted molar refractivity (Wildman–Crippen MR) is 62.5 cm³/mol. The molecule has 0 fully saturated rings. The second-order valence-electron chi connectivity index (χ2n) is 4.22. The van der Waals surface area contributed by atoms with Gasteiger partial charge in [-0.3, -0.25) is 0 Å². The van der Waals surface area contributed by atoms with Gasteiger partial charge < -0.3 is 9.84 Å². The molecule has 3 heteroatoms. The van der Waals surface area contributed by atoms with E-state index in [1.807, 2.05) is 0 Å². The van der Waals surface area contributed by atoms with Crippen molar-refractivity contribution in [2.45, 2.75) is 26.7 Å². The number of carbonyl (C=O) groups excluding carboxylic acids is 1. The highest BCUT2D eigenvalue weighted by atomic mass is 16.5. The van der Waals surface area contributed by atoms with Gasteiger partial charge in [0.25, 0.3) is 0 Å². The van der Waals surface area contributed by atoms with Crippen molar-refractivity contribution in [1.82, 2.24) is 0 Å². The van der Waals surface area contributed by atoms with E-state index in [-0.39, 0.29) is 11.7 Å². The van der Waals surface area contributed by atoms with E-state index in [1.165, 1.54) is 12.1 Å². The smallest absolute Gasteiger partial charge is 0.338 e. The van der Waals surface area contributed by atoms with Gasteiger partial charge in [-0.05, 0) is 43.0 Å². The predicted octanol–water partition coefficient (Wildman–Crippen LogP) is 2.99. The highest BCUT2D eigenvalue weighted by molar-refractivity contribution is 5.89. The first-order valence-electron chi connectivity index (χ1n) is 5.55. The topological polar surface area (TPSA) is 46.5 Å². The van der Waals surface area contributed by atoms with Crippen molar-refractivity contribution in [1.29, 1.82) is 0 Å². The lowest BCUT2D eigenvalue weighted by atomic mass is 10.1. The van der Waals surface area contributed by atoms with Crippen molar-refractivity contribution in [3.8, 4) is 5.75 Å². The Bertz CT molecular complexity index is 328. The van der Waals surface area contributed by atoms with Gasteiger partial charge in [0.2, 0.25) is 0 Å². The number of ether oxygens (including phenoxy) is 1. The lowest BCUT2D eigenvalue weighted by Crippen LogP contribution is -2.06. The molecule has 3 nitrogen and oxygen atoms in total. The molecule has 1 aromatic rings. The standard InChI is InChI=1S/C13H18O3/c1-10(2)4-3-9-16-13(15)11-5-7-12(14)8-6-11/h5-8,10,14H,3-4,9H2,1-2H3. The molecule has 0 saturated heterocycles. The first-order valence-corrected chi connectivity index (χ1v) is 5.55. The summed E-state index contributed by atoms with van der Waals surface area (Å²) in [5, 5.41) is 9.06. The fraction of sp³-hybridized carbons (Fsp3) is 0.462. The van der Waals surface area contributed by atoms with Crippen molar-refractivity contribution in [2.24, 2.45) is 5.92 Å². The molecule has 0 unspecified atom stereocenters. The zero-order chi connectivity index (χ0) is 12.0. The number of carbonyl (C=O) groups is 1. The molecule has 0 saturated carbocycles. The number of rotatable bonds is 5. The fourth-order valence-electron chi connectivity index (χ4n) is 1.34. The van der Waals surface area contributed by atoms with Gasteiger partial charge in [-0.15, -0.1) is 0 Å². The number of benzene rings is 1. The van der Waals surface area contributed by atoms with Crippen molar-refractivity contribution in [3.63, 3.8) is 0 Å². The number of phenolic OH excluding ortho intramolecular Hbond substituents is 1. The van der Waals surface area contributed by atoms with E-state index in [9.17, 15) is 4.79 Å². The number of hydrogen-bond acceptors (Lipinski definition) is 3. The highest BCUT2D eigenvalue weighted by Crippen LogP contribution is 2.11. The molecule has 0 aliphatic carbocycles. The molecule has 16 heavy (non-hydrogen) atoms. The summed E-state index contributed by atoms with van der Waals surface area (Å²) >= 11 is 0. The summed E-state index contributed by atoms with van der Waals surface area (Å²) in [6, 6.07) is 6.07. The van der Waals surface area contributed by atoms with Gasteiger partial charge in [0.15, 0.2) is 0 Å². The van der Waals surface area contributed by atoms with Crippen LogP contribution in [-0.4, -0.2) is 17.7 Å². The summed E-state index contributed by atoms with van der Waals surface area (Å²) < 4.78 is 5.10. The first-order chi connectivity index (χ1) is 7.59. The lowest BCUT2D eigenvalue weighted by molar-refractivity contribution is 0.0495. The van der Waals surface area contributed by atoms with Gasteiger partial charge in [0.1, 0.15) is 5.75 Å². The third kappa shape index (κ3) is 4.34. The molecule has 0 bridgehead atoms. The van der Waals surface area contributed by atoms with Crippen LogP contribution >= 0.6 is 0 Å². The monoisotopic (exact) mass is 222 g/mol. The molecule has 0 spiro atoms. The first kappa shape index (κ1) is 12.6. The van der Waals surface area contributed by atoms with Crippen LogP contribution in [0.25, 0.3) is 0 Å². The van der Waals surface area contributed by atoms with Crippen molar-refractivity contribution in [3.05, 3.63) is 29.8 Å². The largest absolute Gasteiger partial charge is 0.508 e. The Hall–Kier alpha value is -1.51. The maximum absolute atomic E-state index is 11.5.